The Morgan fingerprint density at radius 1 is 1.00 bits per heavy atom. The van der Waals surface area contributed by atoms with Crippen LogP contribution in [0.2, 0.25) is 0 Å². The van der Waals surface area contributed by atoms with Gasteiger partial charge in [-0.3, -0.25) is 4.79 Å². The summed E-state index contributed by atoms with van der Waals surface area (Å²) in [4.78, 5) is 27.5. The van der Waals surface area contributed by atoms with Crippen LogP contribution in [-0.4, -0.2) is 54.7 Å². The number of piperazine rings is 1. The SMILES string of the molecule is O=C(OCC(=O)N1CCN(c2cccc(C(F)(F)F)c2)CC1)c1cccc(O)c1. The number of alkyl halides is 3. The highest BCUT2D eigenvalue weighted by Crippen LogP contribution is 2.31. The van der Waals surface area contributed by atoms with Crippen molar-refractivity contribution in [3.63, 3.8) is 0 Å². The zero-order chi connectivity index (χ0) is 21.0. The quantitative estimate of drug-likeness (QED) is 0.788. The fraction of sp³-hybridized carbons (Fsp3) is 0.300. The lowest BCUT2D eigenvalue weighted by atomic mass is 10.1. The maximum atomic E-state index is 12.9. The van der Waals surface area contributed by atoms with Gasteiger partial charge in [0.05, 0.1) is 11.1 Å². The molecule has 1 saturated heterocycles. The standard InChI is InChI=1S/C20H19F3N2O4/c21-20(22,23)15-4-2-5-16(12-15)24-7-9-25(10-8-24)18(27)13-29-19(28)14-3-1-6-17(26)11-14/h1-6,11-12,26H,7-10,13H2. The second kappa shape index (κ2) is 8.42. The Labute approximate surface area is 165 Å². The van der Waals surface area contributed by atoms with Crippen LogP contribution in [0, 0.1) is 0 Å². The highest BCUT2D eigenvalue weighted by atomic mass is 19.4. The van der Waals surface area contributed by atoms with Gasteiger partial charge in [-0.15, -0.1) is 0 Å². The van der Waals surface area contributed by atoms with Crippen molar-refractivity contribution in [1.82, 2.24) is 4.90 Å². The molecule has 0 bridgehead atoms. The molecule has 0 aromatic heterocycles. The largest absolute Gasteiger partial charge is 0.508 e. The van der Waals surface area contributed by atoms with Gasteiger partial charge in [-0.2, -0.15) is 13.2 Å². The van der Waals surface area contributed by atoms with E-state index in [0.717, 1.165) is 12.1 Å². The van der Waals surface area contributed by atoms with E-state index in [9.17, 15) is 27.9 Å². The molecule has 1 N–H and O–H groups in total. The molecule has 0 saturated carbocycles. The molecule has 29 heavy (non-hydrogen) atoms. The Morgan fingerprint density at radius 2 is 1.69 bits per heavy atom. The maximum absolute atomic E-state index is 12.9. The normalized spacial score (nSPS) is 14.6. The summed E-state index contributed by atoms with van der Waals surface area (Å²) in [6, 6.07) is 10.7. The van der Waals surface area contributed by atoms with Gasteiger partial charge in [-0.1, -0.05) is 12.1 Å². The van der Waals surface area contributed by atoms with Crippen LogP contribution in [0.1, 0.15) is 15.9 Å². The Hall–Kier alpha value is -3.23. The fourth-order valence-corrected chi connectivity index (χ4v) is 3.03. The molecule has 2 aromatic rings. The number of carbonyl (C=O) groups excluding carboxylic acids is 2. The highest BCUT2D eigenvalue weighted by molar-refractivity contribution is 5.91. The summed E-state index contributed by atoms with van der Waals surface area (Å²) in [5.41, 5.74) is -0.137. The summed E-state index contributed by atoms with van der Waals surface area (Å²) in [6.45, 7) is 0.899. The number of carbonyl (C=O) groups is 2. The average Bonchev–Trinajstić information content (AvgIpc) is 2.71. The predicted molar refractivity (Wildman–Crippen MR) is 98.6 cm³/mol. The van der Waals surface area contributed by atoms with Gasteiger partial charge in [-0.25, -0.2) is 4.79 Å². The van der Waals surface area contributed by atoms with Crippen LogP contribution < -0.4 is 4.90 Å². The van der Waals surface area contributed by atoms with E-state index >= 15 is 0 Å². The molecule has 1 aliphatic rings. The number of rotatable bonds is 4. The third-order valence-electron chi connectivity index (χ3n) is 4.58. The van der Waals surface area contributed by atoms with E-state index in [0.29, 0.717) is 31.9 Å². The van der Waals surface area contributed by atoms with E-state index in [1.54, 1.807) is 11.0 Å². The Kier molecular flexibility index (Phi) is 5.95. The molecule has 0 aliphatic carbocycles. The lowest BCUT2D eigenvalue weighted by Crippen LogP contribution is -2.50. The van der Waals surface area contributed by atoms with E-state index in [4.69, 9.17) is 4.74 Å². The molecular weight excluding hydrogens is 389 g/mol. The van der Waals surface area contributed by atoms with Crippen LogP contribution in [0.15, 0.2) is 48.5 Å². The second-order valence-electron chi connectivity index (χ2n) is 6.54. The Balaban J connectivity index is 1.51. The summed E-state index contributed by atoms with van der Waals surface area (Å²) < 4.78 is 43.6. The van der Waals surface area contributed by atoms with Crippen molar-refractivity contribution in [2.75, 3.05) is 37.7 Å². The number of benzene rings is 2. The van der Waals surface area contributed by atoms with Crippen molar-refractivity contribution >= 4 is 17.6 Å². The maximum Gasteiger partial charge on any atom is 0.416 e. The number of hydrogen-bond donors (Lipinski definition) is 1. The number of nitrogens with zero attached hydrogens (tertiary/aromatic N) is 2. The van der Waals surface area contributed by atoms with E-state index in [1.807, 2.05) is 0 Å². The number of hydrogen-bond acceptors (Lipinski definition) is 5. The monoisotopic (exact) mass is 408 g/mol. The number of esters is 1. The molecule has 1 amide bonds. The number of anilines is 1. The van der Waals surface area contributed by atoms with Crippen molar-refractivity contribution in [1.29, 1.82) is 0 Å². The minimum Gasteiger partial charge on any atom is -0.508 e. The molecule has 0 unspecified atom stereocenters. The van der Waals surface area contributed by atoms with Gasteiger partial charge >= 0.3 is 12.1 Å². The smallest absolute Gasteiger partial charge is 0.416 e. The molecule has 3 rings (SSSR count). The number of aromatic hydroxyl groups is 1. The van der Waals surface area contributed by atoms with Crippen LogP contribution >= 0.6 is 0 Å². The predicted octanol–water partition coefficient (Wildman–Crippen LogP) is 2.92. The first-order valence-electron chi connectivity index (χ1n) is 8.90. The van der Waals surface area contributed by atoms with Crippen LogP contribution in [0.25, 0.3) is 0 Å². The van der Waals surface area contributed by atoms with Gasteiger partial charge in [0.1, 0.15) is 5.75 Å². The first-order valence-corrected chi connectivity index (χ1v) is 8.90. The van der Waals surface area contributed by atoms with Crippen LogP contribution in [0.5, 0.6) is 5.75 Å². The Bertz CT molecular complexity index is 893. The van der Waals surface area contributed by atoms with Gasteiger partial charge in [0.15, 0.2) is 6.61 Å². The lowest BCUT2D eigenvalue weighted by Gasteiger charge is -2.36. The number of amides is 1. The van der Waals surface area contributed by atoms with Gasteiger partial charge < -0.3 is 19.6 Å². The summed E-state index contributed by atoms with van der Waals surface area (Å²) in [6.07, 6.45) is -4.41. The van der Waals surface area contributed by atoms with Crippen LogP contribution in [0.3, 0.4) is 0 Å². The highest BCUT2D eigenvalue weighted by Gasteiger charge is 2.31. The van der Waals surface area contributed by atoms with Crippen molar-refractivity contribution < 1.29 is 32.6 Å². The molecule has 1 aliphatic heterocycles. The number of halogens is 3. The molecule has 1 fully saturated rings. The van der Waals surface area contributed by atoms with E-state index in [2.05, 4.69) is 0 Å². The van der Waals surface area contributed by atoms with Crippen molar-refractivity contribution in [3.05, 3.63) is 59.7 Å². The molecule has 0 spiro atoms. The molecule has 9 heteroatoms. The molecule has 0 radical (unpaired) electrons. The van der Waals surface area contributed by atoms with Gasteiger partial charge in [-0.05, 0) is 36.4 Å². The molecule has 154 valence electrons. The zero-order valence-corrected chi connectivity index (χ0v) is 15.4. The molecule has 0 atom stereocenters. The molecule has 6 nitrogen and oxygen atoms in total. The Morgan fingerprint density at radius 3 is 2.34 bits per heavy atom. The fourth-order valence-electron chi connectivity index (χ4n) is 3.03. The van der Waals surface area contributed by atoms with Crippen molar-refractivity contribution in [3.8, 4) is 5.75 Å². The topological polar surface area (TPSA) is 70.1 Å². The summed E-state index contributed by atoms with van der Waals surface area (Å²) in [7, 11) is 0. The minimum atomic E-state index is -4.41. The first kappa shape index (κ1) is 20.5. The molecule has 1 heterocycles. The average molecular weight is 408 g/mol. The summed E-state index contributed by atoms with van der Waals surface area (Å²) in [5, 5.41) is 9.37. The van der Waals surface area contributed by atoms with Crippen LogP contribution in [0.4, 0.5) is 18.9 Å². The molecule has 2 aromatic carbocycles. The van der Waals surface area contributed by atoms with Gasteiger partial charge in [0, 0.05) is 31.9 Å². The first-order chi connectivity index (χ1) is 13.7. The number of phenols is 1. The third kappa shape index (κ3) is 5.18. The van der Waals surface area contributed by atoms with Gasteiger partial charge in [0.2, 0.25) is 0 Å². The van der Waals surface area contributed by atoms with Crippen LogP contribution in [-0.2, 0) is 15.7 Å². The summed E-state index contributed by atoms with van der Waals surface area (Å²) >= 11 is 0. The number of phenolic OH excluding ortho intramolecular Hbond substituents is 1. The van der Waals surface area contributed by atoms with E-state index in [-0.39, 0.29) is 17.2 Å². The number of ether oxygens (including phenoxy) is 1. The van der Waals surface area contributed by atoms with Gasteiger partial charge in [0.25, 0.3) is 5.91 Å². The van der Waals surface area contributed by atoms with E-state index in [1.165, 1.54) is 35.2 Å². The lowest BCUT2D eigenvalue weighted by molar-refractivity contribution is -0.137. The summed E-state index contributed by atoms with van der Waals surface area (Å²) in [5.74, 6) is -1.20. The van der Waals surface area contributed by atoms with Crippen molar-refractivity contribution in [2.24, 2.45) is 0 Å². The third-order valence-corrected chi connectivity index (χ3v) is 4.58. The second-order valence-corrected chi connectivity index (χ2v) is 6.54. The zero-order valence-electron chi connectivity index (χ0n) is 15.4. The molecular formula is C20H19F3N2O4. The van der Waals surface area contributed by atoms with Crippen molar-refractivity contribution in [2.45, 2.75) is 6.18 Å². The van der Waals surface area contributed by atoms with E-state index < -0.39 is 24.3 Å². The minimum absolute atomic E-state index is 0.0866.